The first-order valence-electron chi connectivity index (χ1n) is 8.52. The van der Waals surface area contributed by atoms with Gasteiger partial charge in [-0.3, -0.25) is 9.59 Å². The molecule has 27 heavy (non-hydrogen) atoms. The van der Waals surface area contributed by atoms with Crippen LogP contribution in [0.5, 0.6) is 11.5 Å². The van der Waals surface area contributed by atoms with E-state index >= 15 is 0 Å². The van der Waals surface area contributed by atoms with Crippen LogP contribution in [0.15, 0.2) is 42.5 Å². The second-order valence-electron chi connectivity index (χ2n) is 5.90. The molecule has 0 unspecified atom stereocenters. The molecule has 0 aliphatic rings. The maximum absolute atomic E-state index is 12.4. The van der Waals surface area contributed by atoms with Gasteiger partial charge in [0.15, 0.2) is 0 Å². The first-order chi connectivity index (χ1) is 12.9. The fourth-order valence-corrected chi connectivity index (χ4v) is 2.62. The highest BCUT2D eigenvalue weighted by Crippen LogP contribution is 2.27. The topological polar surface area (TPSA) is 67.9 Å². The highest BCUT2D eigenvalue weighted by atomic mass is 35.5. The summed E-state index contributed by atoms with van der Waals surface area (Å²) in [6.07, 6.45) is 0.205. The molecule has 1 N–H and O–H groups in total. The Labute approximate surface area is 164 Å². The zero-order valence-electron chi connectivity index (χ0n) is 15.6. The van der Waals surface area contributed by atoms with Gasteiger partial charge in [-0.2, -0.15) is 0 Å². The summed E-state index contributed by atoms with van der Waals surface area (Å²) in [5, 5.41) is 3.19. The summed E-state index contributed by atoms with van der Waals surface area (Å²) in [4.78, 5) is 26.0. The van der Waals surface area contributed by atoms with Crippen LogP contribution in [0.1, 0.15) is 12.5 Å². The average molecular weight is 391 g/mol. The average Bonchev–Trinajstić information content (AvgIpc) is 2.63. The molecule has 0 spiro atoms. The lowest BCUT2D eigenvalue weighted by atomic mass is 10.1. The SMILES string of the molecule is CCOc1ccc(CC(=O)N(C)CC(=O)Nc2cc(Cl)ccc2OC)cc1. The van der Waals surface area contributed by atoms with Crippen LogP contribution in [0.25, 0.3) is 0 Å². The molecule has 0 aliphatic carbocycles. The van der Waals surface area contributed by atoms with Crippen LogP contribution < -0.4 is 14.8 Å². The van der Waals surface area contributed by atoms with Gasteiger partial charge >= 0.3 is 0 Å². The fourth-order valence-electron chi connectivity index (χ4n) is 2.45. The summed E-state index contributed by atoms with van der Waals surface area (Å²) in [6.45, 7) is 2.43. The molecule has 2 aromatic rings. The molecule has 0 fully saturated rings. The number of likely N-dealkylation sites (N-methyl/N-ethyl adjacent to an activating group) is 1. The molecule has 0 bridgehead atoms. The first kappa shape index (κ1) is 20.6. The second-order valence-corrected chi connectivity index (χ2v) is 6.33. The summed E-state index contributed by atoms with van der Waals surface area (Å²) < 4.78 is 10.6. The lowest BCUT2D eigenvalue weighted by Gasteiger charge is -2.18. The predicted molar refractivity (Wildman–Crippen MR) is 106 cm³/mol. The molecule has 144 valence electrons. The highest BCUT2D eigenvalue weighted by molar-refractivity contribution is 6.31. The third-order valence-electron chi connectivity index (χ3n) is 3.83. The summed E-state index contributed by atoms with van der Waals surface area (Å²) in [6, 6.07) is 12.3. The van der Waals surface area contributed by atoms with Crippen molar-refractivity contribution in [1.29, 1.82) is 0 Å². The van der Waals surface area contributed by atoms with Gasteiger partial charge in [-0.25, -0.2) is 0 Å². The van der Waals surface area contributed by atoms with E-state index in [4.69, 9.17) is 21.1 Å². The van der Waals surface area contributed by atoms with Crippen LogP contribution in [0.3, 0.4) is 0 Å². The van der Waals surface area contributed by atoms with Crippen LogP contribution in [0.4, 0.5) is 5.69 Å². The number of anilines is 1. The van der Waals surface area contributed by atoms with E-state index in [1.807, 2.05) is 31.2 Å². The molecule has 0 atom stereocenters. The molecule has 2 amide bonds. The van der Waals surface area contributed by atoms with Crippen molar-refractivity contribution in [3.8, 4) is 11.5 Å². The summed E-state index contributed by atoms with van der Waals surface area (Å²) >= 11 is 5.95. The Balaban J connectivity index is 1.91. The van der Waals surface area contributed by atoms with E-state index in [1.165, 1.54) is 12.0 Å². The molecule has 2 aromatic carbocycles. The van der Waals surface area contributed by atoms with Crippen LogP contribution >= 0.6 is 11.6 Å². The van der Waals surface area contributed by atoms with Crippen molar-refractivity contribution in [2.24, 2.45) is 0 Å². The van der Waals surface area contributed by atoms with Crippen molar-refractivity contribution in [3.05, 3.63) is 53.1 Å². The number of hydrogen-bond donors (Lipinski definition) is 1. The number of rotatable bonds is 8. The predicted octanol–water partition coefficient (Wildman–Crippen LogP) is 3.39. The van der Waals surface area contributed by atoms with E-state index in [2.05, 4.69) is 5.32 Å². The minimum atomic E-state index is -0.335. The first-order valence-corrected chi connectivity index (χ1v) is 8.89. The fraction of sp³-hybridized carbons (Fsp3) is 0.300. The molecule has 0 aliphatic heterocycles. The van der Waals surface area contributed by atoms with E-state index in [0.29, 0.717) is 23.1 Å². The Morgan fingerprint density at radius 3 is 2.48 bits per heavy atom. The van der Waals surface area contributed by atoms with Gasteiger partial charge in [0.2, 0.25) is 11.8 Å². The minimum absolute atomic E-state index is 0.0778. The largest absolute Gasteiger partial charge is 0.495 e. The number of carbonyl (C=O) groups is 2. The molecular weight excluding hydrogens is 368 g/mol. The molecule has 0 saturated heterocycles. The van der Waals surface area contributed by atoms with Crippen LogP contribution in [0.2, 0.25) is 5.02 Å². The number of carbonyl (C=O) groups excluding carboxylic acids is 2. The van der Waals surface area contributed by atoms with Gasteiger partial charge in [0.1, 0.15) is 11.5 Å². The molecule has 2 rings (SSSR count). The van der Waals surface area contributed by atoms with E-state index in [-0.39, 0.29) is 24.8 Å². The van der Waals surface area contributed by atoms with E-state index in [0.717, 1.165) is 11.3 Å². The number of nitrogens with zero attached hydrogens (tertiary/aromatic N) is 1. The smallest absolute Gasteiger partial charge is 0.244 e. The van der Waals surface area contributed by atoms with Gasteiger partial charge in [-0.05, 0) is 42.8 Å². The summed E-state index contributed by atoms with van der Waals surface area (Å²) in [7, 11) is 3.09. The van der Waals surface area contributed by atoms with Crippen molar-refractivity contribution < 1.29 is 19.1 Å². The number of hydrogen-bond acceptors (Lipinski definition) is 4. The van der Waals surface area contributed by atoms with Crippen LogP contribution in [0, 0.1) is 0 Å². The van der Waals surface area contributed by atoms with E-state index in [1.54, 1.807) is 25.2 Å². The van der Waals surface area contributed by atoms with Crippen molar-refractivity contribution in [1.82, 2.24) is 4.90 Å². The molecule has 0 radical (unpaired) electrons. The third kappa shape index (κ3) is 6.18. The highest BCUT2D eigenvalue weighted by Gasteiger charge is 2.15. The zero-order chi connectivity index (χ0) is 19.8. The molecule has 7 heteroatoms. The number of amides is 2. The monoisotopic (exact) mass is 390 g/mol. The normalized spacial score (nSPS) is 10.2. The van der Waals surface area contributed by atoms with E-state index < -0.39 is 0 Å². The zero-order valence-corrected chi connectivity index (χ0v) is 16.4. The second kappa shape index (κ2) is 9.83. The lowest BCUT2D eigenvalue weighted by Crippen LogP contribution is -2.35. The minimum Gasteiger partial charge on any atom is -0.495 e. The number of nitrogens with one attached hydrogen (secondary N) is 1. The Hall–Kier alpha value is -2.73. The molecule has 6 nitrogen and oxygen atoms in total. The Bertz CT molecular complexity index is 793. The Morgan fingerprint density at radius 1 is 1.15 bits per heavy atom. The van der Waals surface area contributed by atoms with Crippen molar-refractivity contribution in [2.45, 2.75) is 13.3 Å². The molecule has 0 heterocycles. The van der Waals surface area contributed by atoms with Gasteiger partial charge < -0.3 is 19.7 Å². The summed E-state index contributed by atoms with van der Waals surface area (Å²) in [5.41, 5.74) is 1.31. The van der Waals surface area contributed by atoms with Crippen molar-refractivity contribution in [3.63, 3.8) is 0 Å². The van der Waals surface area contributed by atoms with Gasteiger partial charge in [0.25, 0.3) is 0 Å². The van der Waals surface area contributed by atoms with Gasteiger partial charge in [0.05, 0.1) is 32.4 Å². The Morgan fingerprint density at radius 2 is 1.85 bits per heavy atom. The standard InChI is InChI=1S/C20H23ClN2O4/c1-4-27-16-8-5-14(6-9-16)11-20(25)23(2)13-19(24)22-17-12-15(21)7-10-18(17)26-3/h5-10,12H,4,11,13H2,1-3H3,(H,22,24). The van der Waals surface area contributed by atoms with E-state index in [9.17, 15) is 9.59 Å². The number of methoxy groups -OCH3 is 1. The maximum Gasteiger partial charge on any atom is 0.244 e. The lowest BCUT2D eigenvalue weighted by molar-refractivity contribution is -0.132. The third-order valence-corrected chi connectivity index (χ3v) is 4.07. The van der Waals surface area contributed by atoms with Gasteiger partial charge in [0, 0.05) is 12.1 Å². The van der Waals surface area contributed by atoms with Crippen LogP contribution in [-0.2, 0) is 16.0 Å². The van der Waals surface area contributed by atoms with Crippen molar-refractivity contribution in [2.75, 3.05) is 32.6 Å². The molecule has 0 saturated carbocycles. The summed E-state index contributed by atoms with van der Waals surface area (Å²) in [5.74, 6) is 0.762. The number of halogens is 1. The van der Waals surface area contributed by atoms with Gasteiger partial charge in [-0.1, -0.05) is 23.7 Å². The van der Waals surface area contributed by atoms with Gasteiger partial charge in [-0.15, -0.1) is 0 Å². The maximum atomic E-state index is 12.4. The number of ether oxygens (including phenoxy) is 2. The number of benzene rings is 2. The Kier molecular flexibility index (Phi) is 7.49. The van der Waals surface area contributed by atoms with Crippen molar-refractivity contribution >= 4 is 29.1 Å². The molecule has 0 aromatic heterocycles. The molecular formula is C20H23ClN2O4. The quantitative estimate of drug-likeness (QED) is 0.750. The van der Waals surface area contributed by atoms with Crippen LogP contribution in [-0.4, -0.2) is 44.0 Å².